The molecule has 0 radical (unpaired) electrons. The zero-order chi connectivity index (χ0) is 17.3. The van der Waals surface area contributed by atoms with Crippen LogP contribution in [0.3, 0.4) is 0 Å². The van der Waals surface area contributed by atoms with Crippen molar-refractivity contribution >= 4 is 10.9 Å². The summed E-state index contributed by atoms with van der Waals surface area (Å²) < 4.78 is 16.8. The van der Waals surface area contributed by atoms with Gasteiger partial charge in [0, 0.05) is 24.0 Å². The minimum Gasteiger partial charge on any atom is -0.454 e. The predicted molar refractivity (Wildman–Crippen MR) is 95.4 cm³/mol. The Hall–Kier alpha value is -3.67. The van der Waals surface area contributed by atoms with Gasteiger partial charge in [0.2, 0.25) is 12.7 Å². The van der Waals surface area contributed by atoms with Crippen LogP contribution < -0.4 is 14.2 Å². The fourth-order valence-corrected chi connectivity index (χ4v) is 2.80. The van der Waals surface area contributed by atoms with Gasteiger partial charge in [0.15, 0.2) is 17.3 Å². The van der Waals surface area contributed by atoms with Crippen LogP contribution >= 0.6 is 0 Å². The quantitative estimate of drug-likeness (QED) is 0.555. The summed E-state index contributed by atoms with van der Waals surface area (Å²) in [7, 11) is 0. The van der Waals surface area contributed by atoms with Crippen LogP contribution in [0.5, 0.6) is 23.1 Å². The van der Waals surface area contributed by atoms with Crippen LogP contribution in [-0.4, -0.2) is 21.7 Å². The third kappa shape index (κ3) is 2.57. The molecule has 0 atom stereocenters. The number of hydrogen-bond acceptors (Lipinski definition) is 6. The van der Waals surface area contributed by atoms with E-state index < -0.39 is 0 Å². The Morgan fingerprint density at radius 1 is 0.885 bits per heavy atom. The number of ether oxygens (including phenoxy) is 3. The van der Waals surface area contributed by atoms with Crippen molar-refractivity contribution in [3.8, 4) is 34.5 Å². The molecular weight excluding hydrogens is 330 g/mol. The SMILES string of the molecule is c1cncc(-c2nc(Oc3ccc4c(c3)OCO4)c3ccccc3n2)c1. The molecule has 2 aromatic carbocycles. The zero-order valence-corrected chi connectivity index (χ0v) is 13.6. The lowest BCUT2D eigenvalue weighted by molar-refractivity contribution is 0.174. The summed E-state index contributed by atoms with van der Waals surface area (Å²) in [5.74, 6) is 3.03. The van der Waals surface area contributed by atoms with E-state index in [1.54, 1.807) is 18.5 Å². The minimum atomic E-state index is 0.223. The van der Waals surface area contributed by atoms with E-state index in [9.17, 15) is 0 Å². The van der Waals surface area contributed by atoms with Crippen LogP contribution in [0.15, 0.2) is 67.0 Å². The Morgan fingerprint density at radius 3 is 2.73 bits per heavy atom. The molecule has 2 aromatic heterocycles. The third-order valence-electron chi connectivity index (χ3n) is 4.05. The van der Waals surface area contributed by atoms with Crippen molar-refractivity contribution in [2.24, 2.45) is 0 Å². The van der Waals surface area contributed by atoms with Gasteiger partial charge in [-0.3, -0.25) is 4.98 Å². The maximum Gasteiger partial charge on any atom is 0.231 e. The third-order valence-corrected chi connectivity index (χ3v) is 4.05. The van der Waals surface area contributed by atoms with Gasteiger partial charge in [0.25, 0.3) is 0 Å². The molecule has 0 bridgehead atoms. The van der Waals surface area contributed by atoms with Gasteiger partial charge in [-0.2, -0.15) is 4.98 Å². The van der Waals surface area contributed by atoms with E-state index in [-0.39, 0.29) is 6.79 Å². The first-order valence-electron chi connectivity index (χ1n) is 8.11. The molecule has 1 aliphatic rings. The summed E-state index contributed by atoms with van der Waals surface area (Å²) >= 11 is 0. The van der Waals surface area contributed by atoms with E-state index in [4.69, 9.17) is 14.2 Å². The molecule has 0 amide bonds. The molecule has 26 heavy (non-hydrogen) atoms. The van der Waals surface area contributed by atoms with Gasteiger partial charge in [-0.1, -0.05) is 12.1 Å². The van der Waals surface area contributed by atoms with Gasteiger partial charge >= 0.3 is 0 Å². The molecule has 5 rings (SSSR count). The van der Waals surface area contributed by atoms with Crippen molar-refractivity contribution in [1.82, 2.24) is 15.0 Å². The van der Waals surface area contributed by atoms with Crippen LogP contribution in [0.25, 0.3) is 22.3 Å². The standard InChI is InChI=1S/C20H13N3O3/c1-2-6-16-15(5-1)20(23-19(22-16)13-4-3-9-21-11-13)26-14-7-8-17-18(10-14)25-12-24-17/h1-11H,12H2. The molecule has 6 heteroatoms. The molecule has 126 valence electrons. The van der Waals surface area contributed by atoms with Crippen molar-refractivity contribution < 1.29 is 14.2 Å². The molecule has 0 unspecified atom stereocenters. The highest BCUT2D eigenvalue weighted by Crippen LogP contribution is 2.37. The fourth-order valence-electron chi connectivity index (χ4n) is 2.80. The molecule has 0 N–H and O–H groups in total. The van der Waals surface area contributed by atoms with Crippen molar-refractivity contribution in [2.45, 2.75) is 0 Å². The summed E-state index contributed by atoms with van der Waals surface area (Å²) in [6.45, 7) is 0.223. The molecule has 3 heterocycles. The second-order valence-electron chi connectivity index (χ2n) is 5.73. The lowest BCUT2D eigenvalue weighted by Gasteiger charge is -2.10. The maximum atomic E-state index is 6.07. The highest BCUT2D eigenvalue weighted by atomic mass is 16.7. The van der Waals surface area contributed by atoms with Gasteiger partial charge in [0.1, 0.15) is 5.75 Å². The smallest absolute Gasteiger partial charge is 0.231 e. The van der Waals surface area contributed by atoms with E-state index in [0.717, 1.165) is 16.5 Å². The molecule has 6 nitrogen and oxygen atoms in total. The summed E-state index contributed by atoms with van der Waals surface area (Å²) in [5.41, 5.74) is 1.63. The number of pyridine rings is 1. The molecule has 1 aliphatic heterocycles. The molecule has 0 saturated carbocycles. The topological polar surface area (TPSA) is 66.4 Å². The molecule has 0 fully saturated rings. The average Bonchev–Trinajstić information content (AvgIpc) is 3.16. The highest BCUT2D eigenvalue weighted by Gasteiger charge is 2.16. The molecule has 0 saturated heterocycles. The van der Waals surface area contributed by atoms with Gasteiger partial charge in [-0.25, -0.2) is 4.98 Å². The van der Waals surface area contributed by atoms with Crippen LogP contribution in [0, 0.1) is 0 Å². The van der Waals surface area contributed by atoms with Crippen LogP contribution in [0.1, 0.15) is 0 Å². The van der Waals surface area contributed by atoms with Crippen LogP contribution in [-0.2, 0) is 0 Å². The Morgan fingerprint density at radius 2 is 1.81 bits per heavy atom. The molecule has 0 aliphatic carbocycles. The number of para-hydroxylation sites is 1. The van der Waals surface area contributed by atoms with E-state index in [1.807, 2.05) is 48.5 Å². The van der Waals surface area contributed by atoms with Crippen LogP contribution in [0.2, 0.25) is 0 Å². The molecular formula is C20H13N3O3. The number of nitrogens with zero attached hydrogens (tertiary/aromatic N) is 3. The Labute approximate surface area is 149 Å². The summed E-state index contributed by atoms with van der Waals surface area (Å²) in [4.78, 5) is 13.4. The van der Waals surface area contributed by atoms with Gasteiger partial charge in [0.05, 0.1) is 10.9 Å². The summed E-state index contributed by atoms with van der Waals surface area (Å²) in [6, 6.07) is 17.0. The lowest BCUT2D eigenvalue weighted by Crippen LogP contribution is -1.96. The van der Waals surface area contributed by atoms with E-state index in [0.29, 0.717) is 29.0 Å². The lowest BCUT2D eigenvalue weighted by atomic mass is 10.2. The monoisotopic (exact) mass is 343 g/mol. The number of hydrogen-bond donors (Lipinski definition) is 0. The summed E-state index contributed by atoms with van der Waals surface area (Å²) in [5, 5.41) is 0.831. The average molecular weight is 343 g/mol. The predicted octanol–water partition coefficient (Wildman–Crippen LogP) is 4.21. The van der Waals surface area contributed by atoms with Crippen molar-refractivity contribution in [2.75, 3.05) is 6.79 Å². The molecule has 4 aromatic rings. The second kappa shape index (κ2) is 6.00. The first kappa shape index (κ1) is 14.7. The highest BCUT2D eigenvalue weighted by molar-refractivity contribution is 5.85. The van der Waals surface area contributed by atoms with Gasteiger partial charge in [-0.15, -0.1) is 0 Å². The van der Waals surface area contributed by atoms with Crippen molar-refractivity contribution in [3.05, 3.63) is 67.0 Å². The van der Waals surface area contributed by atoms with E-state index in [1.165, 1.54) is 0 Å². The van der Waals surface area contributed by atoms with Crippen molar-refractivity contribution in [3.63, 3.8) is 0 Å². The van der Waals surface area contributed by atoms with Gasteiger partial charge < -0.3 is 14.2 Å². The van der Waals surface area contributed by atoms with E-state index in [2.05, 4.69) is 15.0 Å². The first-order chi connectivity index (χ1) is 12.9. The Kier molecular flexibility index (Phi) is 3.38. The first-order valence-corrected chi connectivity index (χ1v) is 8.11. The number of benzene rings is 2. The number of rotatable bonds is 3. The largest absolute Gasteiger partial charge is 0.454 e. The normalized spacial score (nSPS) is 12.3. The minimum absolute atomic E-state index is 0.223. The van der Waals surface area contributed by atoms with Gasteiger partial charge in [-0.05, 0) is 36.4 Å². The second-order valence-corrected chi connectivity index (χ2v) is 5.73. The molecule has 0 spiro atoms. The van der Waals surface area contributed by atoms with Crippen molar-refractivity contribution in [1.29, 1.82) is 0 Å². The maximum absolute atomic E-state index is 6.07. The fraction of sp³-hybridized carbons (Fsp3) is 0.0500. The zero-order valence-electron chi connectivity index (χ0n) is 13.6. The Bertz CT molecular complexity index is 1100. The van der Waals surface area contributed by atoms with Crippen LogP contribution in [0.4, 0.5) is 0 Å². The summed E-state index contributed by atoms with van der Waals surface area (Å²) in [6.07, 6.45) is 3.45. The Balaban J connectivity index is 1.62. The number of fused-ring (bicyclic) bond motifs is 2. The van der Waals surface area contributed by atoms with E-state index >= 15 is 0 Å². The number of aromatic nitrogens is 3.